The van der Waals surface area contributed by atoms with Crippen LogP contribution in [0.15, 0.2) is 29.6 Å². The van der Waals surface area contributed by atoms with Gasteiger partial charge in [0.05, 0.1) is 30.5 Å². The molecule has 2 aliphatic rings. The number of rotatable bonds is 5. The van der Waals surface area contributed by atoms with Crippen molar-refractivity contribution in [2.24, 2.45) is 0 Å². The van der Waals surface area contributed by atoms with Crippen molar-refractivity contribution in [1.29, 1.82) is 0 Å². The van der Waals surface area contributed by atoms with Crippen molar-refractivity contribution in [1.82, 2.24) is 9.88 Å². The smallest absolute Gasteiger partial charge is 0.244 e. The topological polar surface area (TPSA) is 74.8 Å². The third kappa shape index (κ3) is 4.42. The number of nitrogens with zero attached hydrogens (tertiary/aromatic N) is 3. The van der Waals surface area contributed by atoms with Crippen LogP contribution in [0, 0.1) is 0 Å². The molecule has 0 unspecified atom stereocenters. The molecule has 0 atom stereocenters. The Balaban J connectivity index is 1.36. The van der Waals surface area contributed by atoms with Gasteiger partial charge in [-0.2, -0.15) is 0 Å². The van der Waals surface area contributed by atoms with Crippen LogP contribution in [-0.2, 0) is 14.3 Å². The number of aromatic nitrogens is 1. The highest BCUT2D eigenvalue weighted by Crippen LogP contribution is 2.28. The first-order chi connectivity index (χ1) is 13.2. The van der Waals surface area contributed by atoms with Gasteiger partial charge in [0.15, 0.2) is 5.13 Å². The van der Waals surface area contributed by atoms with Gasteiger partial charge in [0.25, 0.3) is 0 Å². The zero-order valence-corrected chi connectivity index (χ0v) is 16.4. The Bertz CT molecular complexity index is 818. The van der Waals surface area contributed by atoms with Gasteiger partial charge >= 0.3 is 0 Å². The predicted molar refractivity (Wildman–Crippen MR) is 108 cm³/mol. The Morgan fingerprint density at radius 2 is 2.00 bits per heavy atom. The first kappa shape index (κ1) is 18.3. The first-order valence-corrected chi connectivity index (χ1v) is 10.8. The molecule has 2 fully saturated rings. The van der Waals surface area contributed by atoms with Gasteiger partial charge < -0.3 is 19.9 Å². The molecule has 2 aromatic rings. The number of anilines is 2. The summed E-state index contributed by atoms with van der Waals surface area (Å²) in [7, 11) is 0. The molecule has 2 saturated heterocycles. The fourth-order valence-electron chi connectivity index (χ4n) is 2.94. The van der Waals surface area contributed by atoms with Crippen LogP contribution in [0.3, 0.4) is 0 Å². The third-order valence-corrected chi connectivity index (χ3v) is 6.24. The summed E-state index contributed by atoms with van der Waals surface area (Å²) in [5, 5.41) is 5.91. The van der Waals surface area contributed by atoms with Gasteiger partial charge in [-0.05, 0) is 12.1 Å². The quantitative estimate of drug-likeness (QED) is 0.823. The lowest BCUT2D eigenvalue weighted by Gasteiger charge is -2.26. The second-order valence-corrected chi connectivity index (χ2v) is 8.10. The number of hydrogen-bond donors (Lipinski definition) is 1. The molecule has 2 aliphatic heterocycles. The third-order valence-electron chi connectivity index (χ3n) is 4.40. The number of amides is 2. The lowest BCUT2D eigenvalue weighted by atomic mass is 10.1. The second kappa shape index (κ2) is 8.28. The van der Waals surface area contributed by atoms with Crippen LogP contribution >= 0.6 is 23.1 Å². The molecule has 1 aromatic heterocycles. The summed E-state index contributed by atoms with van der Waals surface area (Å²) in [5.41, 5.74) is 2.65. The van der Waals surface area contributed by atoms with Gasteiger partial charge in [0, 0.05) is 29.7 Å². The number of hydrogen-bond acceptors (Lipinski definition) is 7. The second-order valence-electron chi connectivity index (χ2n) is 6.31. The summed E-state index contributed by atoms with van der Waals surface area (Å²) < 4.78 is 5.38. The monoisotopic (exact) mass is 404 g/mol. The van der Waals surface area contributed by atoms with E-state index >= 15 is 0 Å². The van der Waals surface area contributed by atoms with Crippen molar-refractivity contribution in [2.45, 2.75) is 0 Å². The molecule has 0 radical (unpaired) electrons. The van der Waals surface area contributed by atoms with Gasteiger partial charge in [0.2, 0.25) is 11.8 Å². The van der Waals surface area contributed by atoms with Crippen LogP contribution in [0.4, 0.5) is 10.8 Å². The standard InChI is InChI=1S/C18H20N4O3S2/c23-16(9-22-12-26-11-17(22)24)19-14-3-1-13(2-4-14)15-10-27-18(20-15)21-5-7-25-8-6-21/h1-4,10H,5-9,11-12H2,(H,19,23). The highest BCUT2D eigenvalue weighted by Gasteiger charge is 2.22. The van der Waals surface area contributed by atoms with Crippen molar-refractivity contribution in [2.75, 3.05) is 54.7 Å². The summed E-state index contributed by atoms with van der Waals surface area (Å²) in [6.07, 6.45) is 0. The molecule has 9 heteroatoms. The van der Waals surface area contributed by atoms with Gasteiger partial charge in [-0.1, -0.05) is 12.1 Å². The highest BCUT2D eigenvalue weighted by molar-refractivity contribution is 8.00. The van der Waals surface area contributed by atoms with Gasteiger partial charge in [-0.3, -0.25) is 9.59 Å². The first-order valence-electron chi connectivity index (χ1n) is 8.73. The number of morpholine rings is 1. The van der Waals surface area contributed by atoms with Crippen LogP contribution in [0.2, 0.25) is 0 Å². The summed E-state index contributed by atoms with van der Waals surface area (Å²) in [6.45, 7) is 3.32. The summed E-state index contributed by atoms with van der Waals surface area (Å²) >= 11 is 3.16. The molecule has 27 heavy (non-hydrogen) atoms. The average molecular weight is 405 g/mol. The Kier molecular flexibility index (Phi) is 5.61. The van der Waals surface area contributed by atoms with E-state index in [4.69, 9.17) is 9.72 Å². The van der Waals surface area contributed by atoms with Crippen molar-refractivity contribution < 1.29 is 14.3 Å². The number of thiazole rings is 1. The van der Waals surface area contributed by atoms with Crippen LogP contribution in [0.5, 0.6) is 0 Å². The van der Waals surface area contributed by atoms with Crippen LogP contribution in [0.25, 0.3) is 11.3 Å². The van der Waals surface area contributed by atoms with E-state index in [0.717, 1.165) is 42.7 Å². The molecule has 3 heterocycles. The summed E-state index contributed by atoms with van der Waals surface area (Å²) in [4.78, 5) is 32.2. The molecule has 0 aliphatic carbocycles. The summed E-state index contributed by atoms with van der Waals surface area (Å²) in [5.74, 6) is 0.884. The van der Waals surface area contributed by atoms with E-state index in [1.54, 1.807) is 16.2 Å². The number of benzene rings is 1. The van der Waals surface area contributed by atoms with E-state index in [1.807, 2.05) is 24.3 Å². The predicted octanol–water partition coefficient (Wildman–Crippen LogP) is 2.12. The Labute approximate surface area is 165 Å². The maximum atomic E-state index is 12.1. The Morgan fingerprint density at radius 1 is 1.22 bits per heavy atom. The normalized spacial score (nSPS) is 17.4. The Morgan fingerprint density at radius 3 is 2.70 bits per heavy atom. The molecule has 0 spiro atoms. The van der Waals surface area contributed by atoms with E-state index in [2.05, 4.69) is 15.6 Å². The van der Waals surface area contributed by atoms with Crippen LogP contribution in [0.1, 0.15) is 0 Å². The molecule has 7 nitrogen and oxygen atoms in total. The molecule has 4 rings (SSSR count). The van der Waals surface area contributed by atoms with E-state index < -0.39 is 0 Å². The number of carbonyl (C=O) groups is 2. The molecular weight excluding hydrogens is 384 g/mol. The van der Waals surface area contributed by atoms with Crippen molar-refractivity contribution in [3.8, 4) is 11.3 Å². The van der Waals surface area contributed by atoms with Gasteiger partial charge in [-0.15, -0.1) is 23.1 Å². The number of carbonyl (C=O) groups excluding carboxylic acids is 2. The van der Waals surface area contributed by atoms with E-state index in [-0.39, 0.29) is 18.4 Å². The van der Waals surface area contributed by atoms with E-state index in [0.29, 0.717) is 17.3 Å². The van der Waals surface area contributed by atoms with Crippen molar-refractivity contribution in [3.63, 3.8) is 0 Å². The fourth-order valence-corrected chi connectivity index (χ4v) is 4.73. The molecule has 0 bridgehead atoms. The maximum absolute atomic E-state index is 12.1. The zero-order chi connectivity index (χ0) is 18.6. The largest absolute Gasteiger partial charge is 0.378 e. The van der Waals surface area contributed by atoms with Gasteiger partial charge in [0.1, 0.15) is 6.54 Å². The Hall–Kier alpha value is -2.10. The minimum atomic E-state index is -0.179. The molecule has 1 N–H and O–H groups in total. The number of nitrogens with one attached hydrogen (secondary N) is 1. The molecule has 2 amide bonds. The maximum Gasteiger partial charge on any atom is 0.244 e. The molecular formula is C18H20N4O3S2. The minimum Gasteiger partial charge on any atom is -0.378 e. The number of ether oxygens (including phenoxy) is 1. The average Bonchev–Trinajstić information content (AvgIpc) is 3.33. The van der Waals surface area contributed by atoms with Crippen molar-refractivity contribution in [3.05, 3.63) is 29.6 Å². The minimum absolute atomic E-state index is 0.0186. The SMILES string of the molecule is O=C(CN1CSCC1=O)Nc1ccc(-c2csc(N3CCOCC3)n2)cc1. The summed E-state index contributed by atoms with van der Waals surface area (Å²) in [6, 6.07) is 7.62. The fraction of sp³-hybridized carbons (Fsp3) is 0.389. The lowest BCUT2D eigenvalue weighted by molar-refractivity contribution is -0.130. The van der Waals surface area contributed by atoms with Gasteiger partial charge in [-0.25, -0.2) is 4.98 Å². The highest BCUT2D eigenvalue weighted by atomic mass is 32.2. The number of thioether (sulfide) groups is 1. The van der Waals surface area contributed by atoms with E-state index in [9.17, 15) is 9.59 Å². The van der Waals surface area contributed by atoms with Crippen LogP contribution in [-0.4, -0.2) is 66.2 Å². The van der Waals surface area contributed by atoms with Crippen LogP contribution < -0.4 is 10.2 Å². The van der Waals surface area contributed by atoms with E-state index in [1.165, 1.54) is 11.8 Å². The molecule has 1 aromatic carbocycles. The van der Waals surface area contributed by atoms with Crippen molar-refractivity contribution >= 4 is 45.7 Å². The molecule has 142 valence electrons. The zero-order valence-electron chi connectivity index (χ0n) is 14.7. The lowest BCUT2D eigenvalue weighted by Crippen LogP contribution is -2.36. The molecule has 0 saturated carbocycles.